The van der Waals surface area contributed by atoms with Crippen LogP contribution in [0.3, 0.4) is 0 Å². The Labute approximate surface area is 314 Å². The maximum Gasteiger partial charge on any atom is 0.407 e. The molecule has 4 N–H and O–H groups in total. The molecule has 0 bridgehead atoms. The lowest BCUT2D eigenvalue weighted by Gasteiger charge is -2.43. The number of carboxylic acid groups (broad SMARTS) is 1. The average molecular weight is 738 g/mol. The van der Waals surface area contributed by atoms with Crippen molar-refractivity contribution in [3.63, 3.8) is 0 Å². The summed E-state index contributed by atoms with van der Waals surface area (Å²) in [5.74, 6) is 0.804. The minimum Gasteiger partial charge on any atom is -0.465 e. The molecule has 54 heavy (non-hydrogen) atoms. The molecular formula is C39H47N9O6. The van der Waals surface area contributed by atoms with E-state index >= 15 is 0 Å². The predicted molar refractivity (Wildman–Crippen MR) is 203 cm³/mol. The number of pyridine rings is 2. The number of imidazole rings is 1. The number of aromatic amines is 1. The normalized spacial score (nSPS) is 19.1. The Kier molecular flexibility index (Phi) is 11.1. The lowest BCUT2D eigenvalue weighted by molar-refractivity contribution is -0.135. The highest BCUT2D eigenvalue weighted by Gasteiger charge is 2.37. The van der Waals surface area contributed by atoms with E-state index in [0.29, 0.717) is 48.2 Å². The van der Waals surface area contributed by atoms with Gasteiger partial charge in [-0.15, -0.1) is 0 Å². The van der Waals surface area contributed by atoms with Crippen molar-refractivity contribution in [1.82, 2.24) is 35.1 Å². The van der Waals surface area contributed by atoms with Crippen LogP contribution < -0.4 is 15.5 Å². The Bertz CT molecular complexity index is 2000. The van der Waals surface area contributed by atoms with Crippen molar-refractivity contribution in [2.24, 2.45) is 5.92 Å². The van der Waals surface area contributed by atoms with Crippen LogP contribution in [-0.2, 0) is 9.53 Å². The summed E-state index contributed by atoms with van der Waals surface area (Å²) in [6.07, 6.45) is 3.33. The van der Waals surface area contributed by atoms with E-state index < -0.39 is 18.2 Å². The number of aryl methyl sites for hydroxylation is 1. The molecule has 4 atom stereocenters. The fraction of sp³-hybridized carbons (Fsp3) is 0.410. The van der Waals surface area contributed by atoms with Crippen LogP contribution in [0.1, 0.15) is 68.5 Å². The molecule has 4 aromatic rings. The molecule has 5 heterocycles. The molecule has 0 aliphatic carbocycles. The van der Waals surface area contributed by atoms with Crippen LogP contribution >= 0.6 is 0 Å². The molecule has 6 rings (SSSR count). The van der Waals surface area contributed by atoms with Gasteiger partial charge in [-0.1, -0.05) is 38.1 Å². The zero-order valence-corrected chi connectivity index (χ0v) is 31.4. The van der Waals surface area contributed by atoms with E-state index in [-0.39, 0.29) is 35.9 Å². The second-order valence-electron chi connectivity index (χ2n) is 14.3. The summed E-state index contributed by atoms with van der Waals surface area (Å²) in [5, 5.41) is 15.1. The molecule has 15 heteroatoms. The summed E-state index contributed by atoms with van der Waals surface area (Å²) in [4.78, 5) is 72.7. The molecule has 2 aliphatic heterocycles. The fourth-order valence-corrected chi connectivity index (χ4v) is 7.12. The highest BCUT2D eigenvalue weighted by molar-refractivity contribution is 6.04. The molecule has 2 aliphatic rings. The molecule has 1 aromatic carbocycles. The number of amides is 4. The highest BCUT2D eigenvalue weighted by Crippen LogP contribution is 2.33. The molecule has 3 aromatic heterocycles. The summed E-state index contributed by atoms with van der Waals surface area (Å²) in [6, 6.07) is 13.9. The van der Waals surface area contributed by atoms with Crippen molar-refractivity contribution in [1.29, 1.82) is 0 Å². The number of hydrogen-bond acceptors (Lipinski definition) is 9. The van der Waals surface area contributed by atoms with Crippen LogP contribution in [0.4, 0.5) is 21.1 Å². The summed E-state index contributed by atoms with van der Waals surface area (Å²) in [5.41, 5.74) is 5.03. The molecule has 284 valence electrons. The molecule has 4 amide bonds. The van der Waals surface area contributed by atoms with Crippen LogP contribution in [-0.4, -0.2) is 104 Å². The lowest BCUT2D eigenvalue weighted by atomic mass is 10.0. The van der Waals surface area contributed by atoms with Crippen molar-refractivity contribution < 1.29 is 29.0 Å². The summed E-state index contributed by atoms with van der Waals surface area (Å²) in [6.45, 7) is 10.9. The number of H-pyrrole nitrogens is 1. The minimum absolute atomic E-state index is 0.0549. The van der Waals surface area contributed by atoms with E-state index in [1.165, 1.54) is 18.2 Å². The maximum absolute atomic E-state index is 13.5. The number of aromatic nitrogens is 4. The van der Waals surface area contributed by atoms with E-state index in [0.717, 1.165) is 35.4 Å². The second-order valence-corrected chi connectivity index (χ2v) is 14.3. The first-order valence-electron chi connectivity index (χ1n) is 18.2. The lowest BCUT2D eigenvalue weighted by Crippen LogP contribution is -2.58. The van der Waals surface area contributed by atoms with Gasteiger partial charge in [-0.2, -0.15) is 0 Å². The third kappa shape index (κ3) is 7.99. The standard InChI is InChI=1S/C39H47N9O6/c1-22(2)34(45-38(51)54-6)37(50)46-17-7-8-32(46)35-41-19-31(43-35)27-11-9-26(10-12-27)30-15-14-29(25(5)42-30)44-36(49)28-13-16-33(40-18-28)47-20-24(4)48(39(52)53)21-23(47)3/h9-16,18-19,22-24,32,34H,7-8,17,20-21H2,1-6H3,(H,41,43)(H,44,49)(H,45,51)(H,52,53)/t23-,24+,32+,34+/m1/s1. The van der Waals surface area contributed by atoms with Gasteiger partial charge in [-0.3, -0.25) is 14.6 Å². The van der Waals surface area contributed by atoms with E-state index in [9.17, 15) is 24.3 Å². The van der Waals surface area contributed by atoms with Crippen molar-refractivity contribution in [3.05, 3.63) is 78.0 Å². The van der Waals surface area contributed by atoms with Gasteiger partial charge in [0.1, 0.15) is 17.7 Å². The van der Waals surface area contributed by atoms with Gasteiger partial charge in [0.05, 0.1) is 47.7 Å². The van der Waals surface area contributed by atoms with Crippen molar-refractivity contribution in [3.8, 4) is 22.5 Å². The third-order valence-electron chi connectivity index (χ3n) is 10.2. The first-order chi connectivity index (χ1) is 25.8. The number of methoxy groups -OCH3 is 1. The Morgan fingerprint density at radius 3 is 2.31 bits per heavy atom. The Morgan fingerprint density at radius 1 is 0.926 bits per heavy atom. The van der Waals surface area contributed by atoms with Gasteiger partial charge in [-0.05, 0) is 69.4 Å². The topological polar surface area (TPSA) is 186 Å². The van der Waals surface area contributed by atoms with Gasteiger partial charge < -0.3 is 40.2 Å². The smallest absolute Gasteiger partial charge is 0.407 e. The zero-order chi connectivity index (χ0) is 38.7. The number of anilines is 2. The van der Waals surface area contributed by atoms with Gasteiger partial charge in [0.15, 0.2) is 0 Å². The number of nitrogens with one attached hydrogen (secondary N) is 3. The van der Waals surface area contributed by atoms with Gasteiger partial charge in [0, 0.05) is 43.5 Å². The average Bonchev–Trinajstić information content (AvgIpc) is 3.86. The number of carbonyl (C=O) groups is 4. The quantitative estimate of drug-likeness (QED) is 0.166. The maximum atomic E-state index is 13.5. The van der Waals surface area contributed by atoms with Gasteiger partial charge >= 0.3 is 12.2 Å². The Hall–Kier alpha value is -5.99. The fourth-order valence-electron chi connectivity index (χ4n) is 7.12. The van der Waals surface area contributed by atoms with Gasteiger partial charge in [0.25, 0.3) is 5.91 Å². The van der Waals surface area contributed by atoms with E-state index in [1.54, 1.807) is 23.2 Å². The second kappa shape index (κ2) is 15.9. The Morgan fingerprint density at radius 2 is 1.67 bits per heavy atom. The van der Waals surface area contributed by atoms with Crippen LogP contribution in [0.5, 0.6) is 0 Å². The number of piperazine rings is 1. The summed E-state index contributed by atoms with van der Waals surface area (Å²) in [7, 11) is 1.28. The Balaban J connectivity index is 1.08. The minimum atomic E-state index is -0.928. The number of carbonyl (C=O) groups excluding carboxylic acids is 3. The van der Waals surface area contributed by atoms with Crippen LogP contribution in [0.25, 0.3) is 22.5 Å². The highest BCUT2D eigenvalue weighted by atomic mass is 16.5. The number of alkyl carbamates (subject to hydrolysis) is 1. The molecular weight excluding hydrogens is 690 g/mol. The molecule has 2 fully saturated rings. The number of rotatable bonds is 9. The zero-order valence-electron chi connectivity index (χ0n) is 31.4. The van der Waals surface area contributed by atoms with Crippen molar-refractivity contribution in [2.75, 3.05) is 37.0 Å². The molecule has 0 saturated carbocycles. The van der Waals surface area contributed by atoms with E-state index in [1.807, 2.05) is 71.0 Å². The van der Waals surface area contributed by atoms with Crippen molar-refractivity contribution >= 4 is 35.5 Å². The van der Waals surface area contributed by atoms with E-state index in [4.69, 9.17) is 9.72 Å². The molecule has 0 spiro atoms. The molecule has 0 radical (unpaired) electrons. The van der Waals surface area contributed by atoms with Crippen LogP contribution in [0, 0.1) is 12.8 Å². The van der Waals surface area contributed by atoms with Crippen LogP contribution in [0.15, 0.2) is 60.9 Å². The monoisotopic (exact) mass is 737 g/mol. The first kappa shape index (κ1) is 37.8. The number of hydrogen-bond donors (Lipinski definition) is 4. The van der Waals surface area contributed by atoms with Gasteiger partial charge in [-0.25, -0.2) is 19.6 Å². The number of benzene rings is 1. The SMILES string of the molecule is COC(=O)N[C@H](C(=O)N1CCC[C@H]1c1ncc(-c2ccc(-c3ccc(NC(=O)c4ccc(N5C[C@H](C)N(C(=O)O)C[C@H]5C)nc4)c(C)n3)cc2)[nH]1)C(C)C. The van der Waals surface area contributed by atoms with Crippen molar-refractivity contribution in [2.45, 2.75) is 71.6 Å². The number of ether oxygens (including phenoxy) is 1. The number of likely N-dealkylation sites (tertiary alicyclic amines) is 1. The largest absolute Gasteiger partial charge is 0.465 e. The molecule has 2 saturated heterocycles. The van der Waals surface area contributed by atoms with Gasteiger partial charge in [0.2, 0.25) is 5.91 Å². The van der Waals surface area contributed by atoms with E-state index in [2.05, 4.69) is 30.5 Å². The predicted octanol–water partition coefficient (Wildman–Crippen LogP) is 5.72. The summed E-state index contributed by atoms with van der Waals surface area (Å²) >= 11 is 0. The number of nitrogens with zero attached hydrogens (tertiary/aromatic N) is 6. The molecule has 0 unspecified atom stereocenters. The third-order valence-corrected chi connectivity index (χ3v) is 10.2. The van der Waals surface area contributed by atoms with Crippen LogP contribution in [0.2, 0.25) is 0 Å². The first-order valence-corrected chi connectivity index (χ1v) is 18.2. The summed E-state index contributed by atoms with van der Waals surface area (Å²) < 4.78 is 4.74. The molecule has 15 nitrogen and oxygen atoms in total.